The van der Waals surface area contributed by atoms with Crippen molar-refractivity contribution in [2.24, 2.45) is 0 Å². The molecule has 0 bridgehead atoms. The minimum Gasteiger partial charge on any atom is -0.491 e. The first-order chi connectivity index (χ1) is 8.56. The monoisotopic (exact) mass is 263 g/mol. The van der Waals surface area contributed by atoms with Crippen molar-refractivity contribution in [2.45, 2.75) is 33.0 Å². The molecular formula is C14H17NO2S. The molecule has 18 heavy (non-hydrogen) atoms. The summed E-state index contributed by atoms with van der Waals surface area (Å²) < 4.78 is 5.62. The molecule has 1 heterocycles. The molecule has 0 saturated carbocycles. The number of hydrogen-bond donors (Lipinski definition) is 1. The fourth-order valence-corrected chi connectivity index (χ4v) is 2.48. The molecule has 1 unspecified atom stereocenters. The number of thiazole rings is 1. The van der Waals surface area contributed by atoms with Crippen LogP contribution in [0.5, 0.6) is 5.75 Å². The lowest BCUT2D eigenvalue weighted by atomic mass is 10.1. The summed E-state index contributed by atoms with van der Waals surface area (Å²) in [7, 11) is 0. The van der Waals surface area contributed by atoms with Gasteiger partial charge < -0.3 is 9.84 Å². The third kappa shape index (κ3) is 3.09. The van der Waals surface area contributed by atoms with E-state index in [-0.39, 0.29) is 6.10 Å². The van der Waals surface area contributed by atoms with Gasteiger partial charge in [0, 0.05) is 11.1 Å². The van der Waals surface area contributed by atoms with Gasteiger partial charge in [-0.3, -0.25) is 0 Å². The summed E-state index contributed by atoms with van der Waals surface area (Å²) >= 11 is 1.47. The van der Waals surface area contributed by atoms with E-state index in [1.165, 1.54) is 11.3 Å². The van der Waals surface area contributed by atoms with Crippen LogP contribution in [-0.4, -0.2) is 16.2 Å². The van der Waals surface area contributed by atoms with Crippen molar-refractivity contribution in [3.8, 4) is 5.75 Å². The SMILES string of the molecule is Cc1csc(C(O)c2cccc(OC(C)C)c2)n1. The second kappa shape index (κ2) is 5.50. The third-order valence-electron chi connectivity index (χ3n) is 2.42. The minimum absolute atomic E-state index is 0.125. The Balaban J connectivity index is 2.22. The van der Waals surface area contributed by atoms with E-state index in [2.05, 4.69) is 4.98 Å². The summed E-state index contributed by atoms with van der Waals surface area (Å²) in [6.45, 7) is 5.88. The Morgan fingerprint density at radius 1 is 1.33 bits per heavy atom. The van der Waals surface area contributed by atoms with Crippen LogP contribution in [0.3, 0.4) is 0 Å². The number of aryl methyl sites for hydroxylation is 1. The predicted octanol–water partition coefficient (Wildman–Crippen LogP) is 3.32. The molecule has 2 rings (SSSR count). The van der Waals surface area contributed by atoms with Crippen LogP contribution >= 0.6 is 11.3 Å². The average Bonchev–Trinajstić information content (AvgIpc) is 2.74. The van der Waals surface area contributed by atoms with Crippen LogP contribution in [-0.2, 0) is 0 Å². The van der Waals surface area contributed by atoms with Crippen molar-refractivity contribution in [3.05, 3.63) is 45.9 Å². The Morgan fingerprint density at radius 3 is 2.72 bits per heavy atom. The summed E-state index contributed by atoms with van der Waals surface area (Å²) in [6.07, 6.45) is -0.557. The Morgan fingerprint density at radius 2 is 2.11 bits per heavy atom. The van der Waals surface area contributed by atoms with Crippen molar-refractivity contribution in [1.29, 1.82) is 0 Å². The molecule has 0 aliphatic rings. The van der Waals surface area contributed by atoms with Gasteiger partial charge in [0.05, 0.1) is 6.10 Å². The molecule has 0 aliphatic heterocycles. The highest BCUT2D eigenvalue weighted by Crippen LogP contribution is 2.27. The van der Waals surface area contributed by atoms with Gasteiger partial charge in [-0.25, -0.2) is 4.98 Å². The van der Waals surface area contributed by atoms with Gasteiger partial charge in [0.25, 0.3) is 0 Å². The Hall–Kier alpha value is -1.39. The molecule has 2 aromatic rings. The maximum atomic E-state index is 10.3. The zero-order valence-corrected chi connectivity index (χ0v) is 11.6. The number of rotatable bonds is 4. The highest BCUT2D eigenvalue weighted by molar-refractivity contribution is 7.09. The smallest absolute Gasteiger partial charge is 0.131 e. The standard InChI is InChI=1S/C14H17NO2S/c1-9(2)17-12-6-4-5-11(7-12)13(16)14-15-10(3)8-18-14/h4-9,13,16H,1-3H3. The highest BCUT2D eigenvalue weighted by atomic mass is 32.1. The summed E-state index contributed by atoms with van der Waals surface area (Å²) in [5, 5.41) is 12.9. The minimum atomic E-state index is -0.681. The predicted molar refractivity (Wildman–Crippen MR) is 73.1 cm³/mol. The van der Waals surface area contributed by atoms with E-state index in [1.807, 2.05) is 50.4 Å². The second-order valence-electron chi connectivity index (χ2n) is 4.47. The summed E-state index contributed by atoms with van der Waals surface area (Å²) in [6, 6.07) is 7.52. The van der Waals surface area contributed by atoms with E-state index in [0.29, 0.717) is 5.01 Å². The van der Waals surface area contributed by atoms with Gasteiger partial charge >= 0.3 is 0 Å². The average molecular weight is 263 g/mol. The molecule has 1 atom stereocenters. The van der Waals surface area contributed by atoms with Gasteiger partial charge in [0.15, 0.2) is 0 Å². The van der Waals surface area contributed by atoms with Crippen LogP contribution in [0.4, 0.5) is 0 Å². The molecule has 0 spiro atoms. The van der Waals surface area contributed by atoms with Gasteiger partial charge in [-0.2, -0.15) is 0 Å². The number of aliphatic hydroxyl groups is 1. The molecule has 0 fully saturated rings. The van der Waals surface area contributed by atoms with Crippen LogP contribution < -0.4 is 4.74 Å². The first-order valence-electron chi connectivity index (χ1n) is 5.93. The molecule has 0 saturated heterocycles. The van der Waals surface area contributed by atoms with Crippen LogP contribution in [0.1, 0.15) is 36.2 Å². The Bertz CT molecular complexity index is 522. The molecule has 0 aliphatic carbocycles. The molecule has 96 valence electrons. The van der Waals surface area contributed by atoms with E-state index in [0.717, 1.165) is 17.0 Å². The third-order valence-corrected chi connectivity index (χ3v) is 3.43. The molecule has 3 nitrogen and oxygen atoms in total. The van der Waals surface area contributed by atoms with Gasteiger partial charge in [0.2, 0.25) is 0 Å². The van der Waals surface area contributed by atoms with E-state index >= 15 is 0 Å². The number of benzene rings is 1. The van der Waals surface area contributed by atoms with Crippen molar-refractivity contribution < 1.29 is 9.84 Å². The lowest BCUT2D eigenvalue weighted by Gasteiger charge is -2.13. The van der Waals surface area contributed by atoms with E-state index in [9.17, 15) is 5.11 Å². The number of hydrogen-bond acceptors (Lipinski definition) is 4. The van der Waals surface area contributed by atoms with Crippen molar-refractivity contribution in [1.82, 2.24) is 4.98 Å². The number of aromatic nitrogens is 1. The zero-order valence-electron chi connectivity index (χ0n) is 10.8. The largest absolute Gasteiger partial charge is 0.491 e. The van der Waals surface area contributed by atoms with Gasteiger partial charge in [-0.15, -0.1) is 11.3 Å². The van der Waals surface area contributed by atoms with Crippen molar-refractivity contribution in [3.63, 3.8) is 0 Å². The van der Waals surface area contributed by atoms with Crippen LogP contribution in [0, 0.1) is 6.92 Å². The molecule has 1 aromatic heterocycles. The normalized spacial score (nSPS) is 12.7. The fourth-order valence-electron chi connectivity index (χ4n) is 1.67. The van der Waals surface area contributed by atoms with E-state index in [4.69, 9.17) is 4.74 Å². The van der Waals surface area contributed by atoms with Gasteiger partial charge in [0.1, 0.15) is 16.9 Å². The first kappa shape index (κ1) is 13.1. The molecule has 0 radical (unpaired) electrons. The van der Waals surface area contributed by atoms with Gasteiger partial charge in [-0.05, 0) is 38.5 Å². The topological polar surface area (TPSA) is 42.4 Å². The number of ether oxygens (including phenoxy) is 1. The van der Waals surface area contributed by atoms with Crippen LogP contribution in [0.2, 0.25) is 0 Å². The lowest BCUT2D eigenvalue weighted by molar-refractivity contribution is 0.216. The quantitative estimate of drug-likeness (QED) is 0.920. The second-order valence-corrected chi connectivity index (χ2v) is 5.36. The Kier molecular flexibility index (Phi) is 3.99. The summed E-state index contributed by atoms with van der Waals surface area (Å²) in [4.78, 5) is 4.31. The molecule has 0 amide bonds. The molecule has 1 aromatic carbocycles. The highest BCUT2D eigenvalue weighted by Gasteiger charge is 2.14. The maximum Gasteiger partial charge on any atom is 0.131 e. The zero-order chi connectivity index (χ0) is 13.1. The molecular weight excluding hydrogens is 246 g/mol. The Labute approximate surface area is 111 Å². The number of nitrogens with zero attached hydrogens (tertiary/aromatic N) is 1. The van der Waals surface area contributed by atoms with E-state index in [1.54, 1.807) is 0 Å². The van der Waals surface area contributed by atoms with E-state index < -0.39 is 6.10 Å². The molecule has 1 N–H and O–H groups in total. The lowest BCUT2D eigenvalue weighted by Crippen LogP contribution is -2.06. The summed E-state index contributed by atoms with van der Waals surface area (Å²) in [5.41, 5.74) is 1.74. The van der Waals surface area contributed by atoms with Crippen molar-refractivity contribution in [2.75, 3.05) is 0 Å². The first-order valence-corrected chi connectivity index (χ1v) is 6.81. The van der Waals surface area contributed by atoms with Gasteiger partial charge in [-0.1, -0.05) is 12.1 Å². The fraction of sp³-hybridized carbons (Fsp3) is 0.357. The maximum absolute atomic E-state index is 10.3. The number of aliphatic hydroxyl groups excluding tert-OH is 1. The van der Waals surface area contributed by atoms with Crippen LogP contribution in [0.25, 0.3) is 0 Å². The summed E-state index contributed by atoms with van der Waals surface area (Å²) in [5.74, 6) is 0.773. The van der Waals surface area contributed by atoms with Crippen LogP contribution in [0.15, 0.2) is 29.6 Å². The van der Waals surface area contributed by atoms with Crippen molar-refractivity contribution >= 4 is 11.3 Å². The molecule has 4 heteroatoms.